The molecular weight excluding hydrogens is 609 g/mol. The van der Waals surface area contributed by atoms with Gasteiger partial charge in [-0.25, -0.2) is 4.99 Å². The third kappa shape index (κ3) is 9.08. The highest BCUT2D eigenvalue weighted by Crippen LogP contribution is 2.45. The molecule has 1 saturated heterocycles. The van der Waals surface area contributed by atoms with Gasteiger partial charge in [0.2, 0.25) is 5.90 Å². The van der Waals surface area contributed by atoms with Crippen molar-refractivity contribution in [2.75, 3.05) is 52.6 Å². The molecule has 0 aromatic heterocycles. The first-order chi connectivity index (χ1) is 21.0. The maximum absolute atomic E-state index is 14.2. The molecule has 4 rings (SSSR count). The molecule has 240 valence electrons. The van der Waals surface area contributed by atoms with Crippen LogP contribution in [0.15, 0.2) is 47.5 Å². The molecule has 2 aliphatic heterocycles. The second-order valence-corrected chi connectivity index (χ2v) is 12.6. The molecule has 0 aliphatic carbocycles. The van der Waals surface area contributed by atoms with Crippen LogP contribution in [0.4, 0.5) is 0 Å². The number of aliphatic hydroxyl groups is 1. The molecule has 12 heteroatoms. The van der Waals surface area contributed by atoms with Gasteiger partial charge in [-0.1, -0.05) is 29.3 Å². The van der Waals surface area contributed by atoms with Gasteiger partial charge < -0.3 is 29.4 Å². The number of rotatable bonds is 13. The predicted octanol–water partition coefficient (Wildman–Crippen LogP) is 4.58. The third-order valence-corrected chi connectivity index (χ3v) is 7.78. The standard InChI is InChI=1S/C32H41Cl2N3O7/c1-31(2,3)44-27(39)11-12-32(30(40)35-13-14-37-15-19-41-20-16-37)28(25-10-7-23(33)21-26(25)34)43-29(36-32)22-5-8-24(9-6-22)42-18-4-17-38/h5-10,21,28,38H,4,11-20H2,1-3H3,(H,35,40)/t28-,32-/m1/s1. The van der Waals surface area contributed by atoms with E-state index < -0.39 is 23.2 Å². The first kappa shape index (κ1) is 34.0. The number of carbonyl (C=O) groups is 2. The highest BCUT2D eigenvalue weighted by molar-refractivity contribution is 6.35. The lowest BCUT2D eigenvalue weighted by Crippen LogP contribution is -2.51. The molecule has 0 radical (unpaired) electrons. The molecule has 1 amide bonds. The molecule has 0 spiro atoms. The van der Waals surface area contributed by atoms with Crippen LogP contribution in [-0.2, 0) is 23.8 Å². The van der Waals surface area contributed by atoms with E-state index in [9.17, 15) is 9.59 Å². The minimum Gasteiger partial charge on any atom is -0.494 e. The molecule has 1 fully saturated rings. The molecule has 2 heterocycles. The van der Waals surface area contributed by atoms with Crippen LogP contribution in [0.3, 0.4) is 0 Å². The van der Waals surface area contributed by atoms with Crippen LogP contribution in [0, 0.1) is 0 Å². The third-order valence-electron chi connectivity index (χ3n) is 7.22. The second-order valence-electron chi connectivity index (χ2n) is 11.8. The summed E-state index contributed by atoms with van der Waals surface area (Å²) in [7, 11) is 0. The van der Waals surface area contributed by atoms with E-state index in [0.717, 1.165) is 13.1 Å². The number of aliphatic hydroxyl groups excluding tert-OH is 1. The molecule has 0 unspecified atom stereocenters. The minimum absolute atomic E-state index is 0.0147. The average Bonchev–Trinajstić information content (AvgIpc) is 3.37. The van der Waals surface area contributed by atoms with Crippen molar-refractivity contribution < 1.29 is 33.6 Å². The van der Waals surface area contributed by atoms with Crippen molar-refractivity contribution in [3.63, 3.8) is 0 Å². The predicted molar refractivity (Wildman–Crippen MR) is 169 cm³/mol. The Morgan fingerprint density at radius 1 is 1.14 bits per heavy atom. The summed E-state index contributed by atoms with van der Waals surface area (Å²) >= 11 is 12.9. The second kappa shape index (κ2) is 15.4. The van der Waals surface area contributed by atoms with Crippen LogP contribution in [0.5, 0.6) is 5.75 Å². The van der Waals surface area contributed by atoms with E-state index in [2.05, 4.69) is 10.2 Å². The summed E-state index contributed by atoms with van der Waals surface area (Å²) in [5.41, 5.74) is -1.09. The van der Waals surface area contributed by atoms with Crippen molar-refractivity contribution in [3.05, 3.63) is 63.6 Å². The van der Waals surface area contributed by atoms with E-state index >= 15 is 0 Å². The Kier molecular flexibility index (Phi) is 11.9. The van der Waals surface area contributed by atoms with Crippen LogP contribution >= 0.6 is 23.2 Å². The smallest absolute Gasteiger partial charge is 0.306 e. The summed E-state index contributed by atoms with van der Waals surface area (Å²) in [5.74, 6) is 0.0156. The van der Waals surface area contributed by atoms with Gasteiger partial charge >= 0.3 is 5.97 Å². The maximum Gasteiger partial charge on any atom is 0.306 e. The number of nitrogens with zero attached hydrogens (tertiary/aromatic N) is 2. The number of amides is 1. The van der Waals surface area contributed by atoms with Crippen molar-refractivity contribution in [1.82, 2.24) is 10.2 Å². The number of ether oxygens (including phenoxy) is 4. The van der Waals surface area contributed by atoms with Gasteiger partial charge in [0.1, 0.15) is 11.4 Å². The van der Waals surface area contributed by atoms with Gasteiger partial charge in [0, 0.05) is 66.8 Å². The lowest BCUT2D eigenvalue weighted by atomic mass is 9.83. The Morgan fingerprint density at radius 2 is 1.86 bits per heavy atom. The van der Waals surface area contributed by atoms with E-state index in [1.165, 1.54) is 0 Å². The number of benzene rings is 2. The van der Waals surface area contributed by atoms with Crippen molar-refractivity contribution >= 4 is 41.0 Å². The summed E-state index contributed by atoms with van der Waals surface area (Å²) in [6.45, 7) is 9.68. The van der Waals surface area contributed by atoms with Crippen LogP contribution in [0.25, 0.3) is 0 Å². The van der Waals surface area contributed by atoms with E-state index in [0.29, 0.717) is 66.3 Å². The Bertz CT molecular complexity index is 1310. The summed E-state index contributed by atoms with van der Waals surface area (Å²) in [4.78, 5) is 34.3. The van der Waals surface area contributed by atoms with Gasteiger partial charge in [0.05, 0.1) is 19.8 Å². The maximum atomic E-state index is 14.2. The summed E-state index contributed by atoms with van der Waals surface area (Å²) in [6.07, 6.45) is -0.496. The van der Waals surface area contributed by atoms with Crippen LogP contribution in [-0.4, -0.2) is 91.5 Å². The normalized spacial score (nSPS) is 20.5. The van der Waals surface area contributed by atoms with Gasteiger partial charge in [0.25, 0.3) is 5.91 Å². The SMILES string of the molecule is CC(C)(C)OC(=O)CC[C@@]1(C(=O)NCCN2CCOCC2)N=C(c2ccc(OCCCO)cc2)O[C@@H]1c1ccc(Cl)cc1Cl. The Hall–Kier alpha value is -2.89. The van der Waals surface area contributed by atoms with Crippen molar-refractivity contribution in [2.45, 2.75) is 57.3 Å². The highest BCUT2D eigenvalue weighted by atomic mass is 35.5. The number of nitrogens with one attached hydrogen (secondary N) is 1. The molecule has 2 atom stereocenters. The summed E-state index contributed by atoms with van der Waals surface area (Å²) < 4.78 is 23.1. The molecule has 0 saturated carbocycles. The first-order valence-electron chi connectivity index (χ1n) is 14.9. The monoisotopic (exact) mass is 649 g/mol. The molecule has 44 heavy (non-hydrogen) atoms. The van der Waals surface area contributed by atoms with Crippen molar-refractivity contribution in [1.29, 1.82) is 0 Å². The van der Waals surface area contributed by atoms with Gasteiger partial charge in [0.15, 0.2) is 11.6 Å². The quantitative estimate of drug-likeness (QED) is 0.239. The fourth-order valence-corrected chi connectivity index (χ4v) is 5.56. The van der Waals surface area contributed by atoms with Crippen LogP contribution in [0.2, 0.25) is 10.0 Å². The first-order valence-corrected chi connectivity index (χ1v) is 15.6. The largest absolute Gasteiger partial charge is 0.494 e. The van der Waals surface area contributed by atoms with E-state index in [-0.39, 0.29) is 31.3 Å². The molecule has 10 nitrogen and oxygen atoms in total. The minimum atomic E-state index is -1.54. The van der Waals surface area contributed by atoms with Crippen LogP contribution < -0.4 is 10.1 Å². The molecule has 0 bridgehead atoms. The summed E-state index contributed by atoms with van der Waals surface area (Å²) in [6, 6.07) is 12.1. The molecule has 2 N–H and O–H groups in total. The number of halogens is 2. The fraction of sp³-hybridized carbons (Fsp3) is 0.531. The zero-order valence-electron chi connectivity index (χ0n) is 25.4. The summed E-state index contributed by atoms with van der Waals surface area (Å²) in [5, 5.41) is 12.8. The van der Waals surface area contributed by atoms with Gasteiger partial charge in [-0.05, 0) is 63.6 Å². The van der Waals surface area contributed by atoms with Crippen molar-refractivity contribution in [3.8, 4) is 5.75 Å². The number of hydrogen-bond donors (Lipinski definition) is 2. The van der Waals surface area contributed by atoms with Crippen molar-refractivity contribution in [2.24, 2.45) is 4.99 Å². The van der Waals surface area contributed by atoms with Gasteiger partial charge in [-0.15, -0.1) is 0 Å². The van der Waals surface area contributed by atoms with Gasteiger partial charge in [-0.3, -0.25) is 14.5 Å². The number of morpholine rings is 1. The zero-order valence-corrected chi connectivity index (χ0v) is 27.0. The molecule has 2 aromatic carbocycles. The zero-order chi connectivity index (χ0) is 31.7. The fourth-order valence-electron chi connectivity index (χ4n) is 5.05. The highest BCUT2D eigenvalue weighted by Gasteiger charge is 2.54. The van der Waals surface area contributed by atoms with E-state index in [1.54, 1.807) is 63.2 Å². The van der Waals surface area contributed by atoms with E-state index in [1.807, 2.05) is 0 Å². The lowest BCUT2D eigenvalue weighted by Gasteiger charge is -2.32. The van der Waals surface area contributed by atoms with Gasteiger partial charge in [-0.2, -0.15) is 0 Å². The van der Waals surface area contributed by atoms with E-state index in [4.69, 9.17) is 52.2 Å². The number of aliphatic imine (C=N–C) groups is 1. The molecule has 2 aliphatic rings. The number of carbonyl (C=O) groups excluding carboxylic acids is 2. The average molecular weight is 651 g/mol. The Balaban J connectivity index is 1.68. The lowest BCUT2D eigenvalue weighted by molar-refractivity contribution is -0.155. The Morgan fingerprint density at radius 3 is 2.52 bits per heavy atom. The molecular formula is C32H41Cl2N3O7. The number of hydrogen-bond acceptors (Lipinski definition) is 9. The Labute approximate surface area is 268 Å². The number of esters is 1. The topological polar surface area (TPSA) is 119 Å². The molecule has 2 aromatic rings. The van der Waals surface area contributed by atoms with Crippen LogP contribution in [0.1, 0.15) is 57.3 Å².